The molecular formula is C37H37N3O4. The number of benzene rings is 4. The number of ether oxygens (including phenoxy) is 2. The highest BCUT2D eigenvalue weighted by Gasteiger charge is 2.52. The monoisotopic (exact) mass is 587 g/mol. The SMILES string of the molecule is C=CCNNC(=O)[C@@]1(C/C=C/c2ccccc2)N=C(c2ccc(OCCCO)cc2)O[C@H]1c1ccc(-c2ccccc2)cc1. The van der Waals surface area contributed by atoms with Crippen molar-refractivity contribution in [3.63, 3.8) is 0 Å². The first-order valence-electron chi connectivity index (χ1n) is 14.7. The van der Waals surface area contributed by atoms with E-state index in [2.05, 4.69) is 29.6 Å². The molecule has 1 aliphatic rings. The maximum Gasteiger partial charge on any atom is 0.266 e. The molecule has 5 rings (SSSR count). The van der Waals surface area contributed by atoms with Gasteiger partial charge in [0.15, 0.2) is 11.6 Å². The molecule has 0 spiro atoms. The third-order valence-electron chi connectivity index (χ3n) is 7.34. The molecule has 0 unspecified atom stereocenters. The van der Waals surface area contributed by atoms with Crippen LogP contribution in [0.2, 0.25) is 0 Å². The molecule has 7 nitrogen and oxygen atoms in total. The van der Waals surface area contributed by atoms with E-state index >= 15 is 0 Å². The molecule has 4 aromatic rings. The molecule has 44 heavy (non-hydrogen) atoms. The van der Waals surface area contributed by atoms with Crippen molar-refractivity contribution in [2.24, 2.45) is 4.99 Å². The predicted octanol–water partition coefficient (Wildman–Crippen LogP) is 6.28. The Bertz CT molecular complexity index is 1570. The summed E-state index contributed by atoms with van der Waals surface area (Å²) in [6.07, 6.45) is 5.78. The molecule has 224 valence electrons. The predicted molar refractivity (Wildman–Crippen MR) is 175 cm³/mol. The Hall–Kier alpha value is -4.98. The van der Waals surface area contributed by atoms with Crippen molar-refractivity contribution in [1.29, 1.82) is 0 Å². The number of carbonyl (C=O) groups excluding carboxylic acids is 1. The van der Waals surface area contributed by atoms with Crippen LogP contribution in [0.3, 0.4) is 0 Å². The fourth-order valence-corrected chi connectivity index (χ4v) is 5.05. The third kappa shape index (κ3) is 7.32. The molecule has 1 heterocycles. The van der Waals surface area contributed by atoms with Gasteiger partial charge >= 0.3 is 0 Å². The van der Waals surface area contributed by atoms with Crippen molar-refractivity contribution in [2.75, 3.05) is 19.8 Å². The number of hydrogen-bond donors (Lipinski definition) is 3. The van der Waals surface area contributed by atoms with Crippen LogP contribution in [0.25, 0.3) is 17.2 Å². The van der Waals surface area contributed by atoms with Crippen molar-refractivity contribution in [3.05, 3.63) is 145 Å². The Balaban J connectivity index is 1.52. The Labute approximate surface area is 258 Å². The van der Waals surface area contributed by atoms with E-state index in [0.717, 1.165) is 27.8 Å². The van der Waals surface area contributed by atoms with Gasteiger partial charge in [0.25, 0.3) is 5.91 Å². The summed E-state index contributed by atoms with van der Waals surface area (Å²) in [5, 5.41) is 9.05. The molecule has 1 amide bonds. The van der Waals surface area contributed by atoms with Gasteiger partial charge in [0.05, 0.1) is 6.61 Å². The van der Waals surface area contributed by atoms with E-state index in [4.69, 9.17) is 19.6 Å². The quantitative estimate of drug-likeness (QED) is 0.0918. The molecule has 0 radical (unpaired) electrons. The zero-order chi connectivity index (χ0) is 30.6. The Morgan fingerprint density at radius 2 is 1.57 bits per heavy atom. The molecule has 4 aromatic carbocycles. The molecule has 0 fully saturated rings. The second-order valence-electron chi connectivity index (χ2n) is 10.4. The normalized spacial score (nSPS) is 17.6. The second-order valence-corrected chi connectivity index (χ2v) is 10.4. The summed E-state index contributed by atoms with van der Waals surface area (Å²) in [4.78, 5) is 19.1. The molecule has 2 atom stereocenters. The third-order valence-corrected chi connectivity index (χ3v) is 7.34. The zero-order valence-corrected chi connectivity index (χ0v) is 24.6. The number of rotatable bonds is 14. The van der Waals surface area contributed by atoms with Gasteiger partial charge in [-0.3, -0.25) is 10.2 Å². The summed E-state index contributed by atoms with van der Waals surface area (Å²) in [5.74, 6) is 0.737. The van der Waals surface area contributed by atoms with Crippen molar-refractivity contribution >= 4 is 17.9 Å². The van der Waals surface area contributed by atoms with Gasteiger partial charge in [-0.05, 0) is 46.5 Å². The number of carbonyl (C=O) groups is 1. The van der Waals surface area contributed by atoms with E-state index in [1.807, 2.05) is 109 Å². The van der Waals surface area contributed by atoms with E-state index in [9.17, 15) is 4.79 Å². The van der Waals surface area contributed by atoms with Gasteiger partial charge in [-0.2, -0.15) is 0 Å². The van der Waals surface area contributed by atoms with Crippen molar-refractivity contribution in [2.45, 2.75) is 24.5 Å². The fourth-order valence-electron chi connectivity index (χ4n) is 5.05. The molecule has 0 saturated heterocycles. The maximum atomic E-state index is 14.1. The smallest absolute Gasteiger partial charge is 0.266 e. The van der Waals surface area contributed by atoms with Crippen molar-refractivity contribution in [3.8, 4) is 16.9 Å². The Kier molecular flexibility index (Phi) is 10.4. The zero-order valence-electron chi connectivity index (χ0n) is 24.6. The average Bonchev–Trinajstić information content (AvgIpc) is 3.47. The lowest BCUT2D eigenvalue weighted by Gasteiger charge is -2.30. The largest absolute Gasteiger partial charge is 0.494 e. The maximum absolute atomic E-state index is 14.1. The molecule has 0 aromatic heterocycles. The molecule has 0 aliphatic carbocycles. The topological polar surface area (TPSA) is 92.2 Å². The first-order valence-corrected chi connectivity index (χ1v) is 14.7. The van der Waals surface area contributed by atoms with Crippen LogP contribution in [-0.2, 0) is 9.53 Å². The number of aliphatic hydroxyl groups is 1. The van der Waals surface area contributed by atoms with Crippen LogP contribution in [0.5, 0.6) is 5.75 Å². The van der Waals surface area contributed by atoms with Gasteiger partial charge in [-0.25, -0.2) is 10.4 Å². The minimum atomic E-state index is -1.31. The van der Waals surface area contributed by atoms with Crippen LogP contribution in [-0.4, -0.2) is 42.2 Å². The lowest BCUT2D eigenvalue weighted by molar-refractivity contribution is -0.129. The minimum Gasteiger partial charge on any atom is -0.494 e. The van der Waals surface area contributed by atoms with Crippen LogP contribution in [0, 0.1) is 0 Å². The first kappa shape index (κ1) is 30.5. The van der Waals surface area contributed by atoms with Crippen molar-refractivity contribution < 1.29 is 19.4 Å². The number of hydrogen-bond acceptors (Lipinski definition) is 6. The van der Waals surface area contributed by atoms with E-state index in [0.29, 0.717) is 37.6 Å². The molecule has 0 bridgehead atoms. The molecular weight excluding hydrogens is 550 g/mol. The summed E-state index contributed by atoms with van der Waals surface area (Å²) >= 11 is 0. The van der Waals surface area contributed by atoms with E-state index in [1.165, 1.54) is 0 Å². The van der Waals surface area contributed by atoms with Gasteiger partial charge in [0.1, 0.15) is 5.75 Å². The van der Waals surface area contributed by atoms with E-state index in [1.54, 1.807) is 6.08 Å². The fraction of sp³-hybridized carbons (Fsp3) is 0.189. The van der Waals surface area contributed by atoms with Gasteiger partial charge in [-0.1, -0.05) is 103 Å². The molecule has 0 saturated carbocycles. The lowest BCUT2D eigenvalue weighted by Crippen LogP contribution is -2.52. The van der Waals surface area contributed by atoms with Crippen LogP contribution < -0.4 is 15.6 Å². The van der Waals surface area contributed by atoms with Crippen LogP contribution in [0.1, 0.15) is 35.6 Å². The van der Waals surface area contributed by atoms with E-state index in [-0.39, 0.29) is 12.5 Å². The van der Waals surface area contributed by atoms with Crippen LogP contribution in [0.15, 0.2) is 133 Å². The van der Waals surface area contributed by atoms with Crippen molar-refractivity contribution in [1.82, 2.24) is 10.9 Å². The second kappa shape index (κ2) is 15.0. The van der Waals surface area contributed by atoms with Crippen LogP contribution in [0.4, 0.5) is 0 Å². The number of amides is 1. The van der Waals surface area contributed by atoms with Gasteiger partial charge in [0, 0.05) is 31.6 Å². The molecule has 3 N–H and O–H groups in total. The number of aliphatic hydroxyl groups excluding tert-OH is 1. The van der Waals surface area contributed by atoms with Crippen LogP contribution >= 0.6 is 0 Å². The number of nitrogens with one attached hydrogen (secondary N) is 2. The molecule has 1 aliphatic heterocycles. The Morgan fingerprint density at radius 3 is 2.25 bits per heavy atom. The van der Waals surface area contributed by atoms with Gasteiger partial charge in [0.2, 0.25) is 5.90 Å². The van der Waals surface area contributed by atoms with E-state index < -0.39 is 11.6 Å². The average molecular weight is 588 g/mol. The summed E-state index contributed by atoms with van der Waals surface area (Å²) in [6.45, 7) is 4.62. The Morgan fingerprint density at radius 1 is 0.909 bits per heavy atom. The summed E-state index contributed by atoms with van der Waals surface area (Å²) in [7, 11) is 0. The first-order chi connectivity index (χ1) is 21.6. The highest BCUT2D eigenvalue weighted by Crippen LogP contribution is 2.43. The highest BCUT2D eigenvalue weighted by atomic mass is 16.5. The lowest BCUT2D eigenvalue weighted by atomic mass is 9.84. The number of nitrogens with zero attached hydrogens (tertiary/aromatic N) is 1. The molecule has 7 heteroatoms. The van der Waals surface area contributed by atoms with Gasteiger partial charge in [-0.15, -0.1) is 6.58 Å². The standard InChI is InChI=1S/C37H37N3O4/c1-2-25-38-40-36(42)37(24-9-13-28-11-5-3-6-12-28)34(31-18-16-30(17-19-31)29-14-7-4-8-15-29)44-35(39-37)32-20-22-33(23-21-32)43-27-10-26-41/h2-9,11-23,34,38,41H,1,10,24-27H2,(H,40,42)/b13-9+/t34-,37-/m0/s1. The summed E-state index contributed by atoms with van der Waals surface area (Å²) in [6, 6.07) is 35.6. The minimum absolute atomic E-state index is 0.0704. The summed E-state index contributed by atoms with van der Waals surface area (Å²) < 4.78 is 12.3. The number of aliphatic imine (C=N–C) groups is 1. The number of hydrazine groups is 1. The summed E-state index contributed by atoms with van der Waals surface area (Å²) in [5.41, 5.74) is 9.22. The van der Waals surface area contributed by atoms with Gasteiger partial charge < -0.3 is 14.6 Å². The highest BCUT2D eigenvalue weighted by molar-refractivity contribution is 6.01.